The summed E-state index contributed by atoms with van der Waals surface area (Å²) in [5, 5.41) is 0. The molecule has 0 unspecified atom stereocenters. The van der Waals surface area contributed by atoms with Crippen LogP contribution in [-0.2, 0) is 19.2 Å². The number of hydrogen-bond acceptors (Lipinski definition) is 12. The monoisotopic (exact) mass is 798 g/mol. The average Bonchev–Trinajstić information content (AvgIpc) is 3.59. The van der Waals surface area contributed by atoms with Gasteiger partial charge in [-0.15, -0.1) is 0 Å². The standard InChI is InChI=1S/C37H42N4O8S4/c1-46-26-11-9-24(20-28(26)48-3)22-30-34(44)40(36(50)52-30)14-7-5-6-8-32(42)38-16-18-39(19-17-38)33(43)13-15-41-35(45)31(53-37(41)51)23-25-10-12-27(47-2)29(21-25)49-4/h9-12,20-23H,5-8,13-19H2,1-4H3/b30-22-,31-23+. The summed E-state index contributed by atoms with van der Waals surface area (Å²) in [6.07, 6.45) is 6.28. The number of piperazine rings is 1. The van der Waals surface area contributed by atoms with Crippen molar-refractivity contribution in [3.8, 4) is 23.0 Å². The molecule has 0 radical (unpaired) electrons. The van der Waals surface area contributed by atoms with Gasteiger partial charge in [0.25, 0.3) is 11.8 Å². The van der Waals surface area contributed by atoms with Crippen molar-refractivity contribution < 1.29 is 38.1 Å². The summed E-state index contributed by atoms with van der Waals surface area (Å²) in [6, 6.07) is 10.8. The molecule has 3 heterocycles. The van der Waals surface area contributed by atoms with Gasteiger partial charge in [-0.25, -0.2) is 0 Å². The van der Waals surface area contributed by atoms with Gasteiger partial charge in [-0.05, 0) is 60.4 Å². The highest BCUT2D eigenvalue weighted by Crippen LogP contribution is 2.36. The first kappa shape index (κ1) is 40.1. The van der Waals surface area contributed by atoms with E-state index in [-0.39, 0.29) is 36.6 Å². The number of nitrogens with zero attached hydrogens (tertiary/aromatic N) is 4. The second kappa shape index (κ2) is 18.8. The second-order valence-corrected chi connectivity index (χ2v) is 15.6. The van der Waals surface area contributed by atoms with Crippen LogP contribution >= 0.6 is 48.0 Å². The number of rotatable bonds is 15. The third kappa shape index (κ3) is 9.90. The van der Waals surface area contributed by atoms with Gasteiger partial charge in [0.15, 0.2) is 23.0 Å². The largest absolute Gasteiger partial charge is 0.493 e. The van der Waals surface area contributed by atoms with Gasteiger partial charge in [0.05, 0.1) is 38.2 Å². The minimum absolute atomic E-state index is 0.0550. The van der Waals surface area contributed by atoms with E-state index in [2.05, 4.69) is 0 Å². The van der Waals surface area contributed by atoms with Gasteiger partial charge in [0.1, 0.15) is 8.64 Å². The molecule has 16 heteroatoms. The van der Waals surface area contributed by atoms with Gasteiger partial charge in [0, 0.05) is 52.1 Å². The smallest absolute Gasteiger partial charge is 0.266 e. The summed E-state index contributed by atoms with van der Waals surface area (Å²) in [5.41, 5.74) is 1.58. The van der Waals surface area contributed by atoms with E-state index in [4.69, 9.17) is 43.4 Å². The van der Waals surface area contributed by atoms with Crippen LogP contribution in [0.5, 0.6) is 23.0 Å². The molecule has 12 nitrogen and oxygen atoms in total. The maximum absolute atomic E-state index is 13.1. The number of unbranched alkanes of at least 4 members (excludes halogenated alkanes) is 2. The maximum Gasteiger partial charge on any atom is 0.266 e. The van der Waals surface area contributed by atoms with E-state index < -0.39 is 0 Å². The minimum Gasteiger partial charge on any atom is -0.493 e. The highest BCUT2D eigenvalue weighted by Gasteiger charge is 2.34. The lowest BCUT2D eigenvalue weighted by atomic mass is 10.1. The zero-order valence-electron chi connectivity index (χ0n) is 30.1. The third-order valence-electron chi connectivity index (χ3n) is 8.96. The number of carbonyl (C=O) groups is 4. The van der Waals surface area contributed by atoms with E-state index in [1.54, 1.807) is 73.5 Å². The van der Waals surface area contributed by atoms with Gasteiger partial charge >= 0.3 is 0 Å². The molecule has 3 saturated heterocycles. The lowest BCUT2D eigenvalue weighted by molar-refractivity contribution is -0.140. The Bertz CT molecular complexity index is 1830. The topological polar surface area (TPSA) is 118 Å². The third-order valence-corrected chi connectivity index (χ3v) is 11.7. The van der Waals surface area contributed by atoms with Crippen molar-refractivity contribution >= 4 is 92.4 Å². The summed E-state index contributed by atoms with van der Waals surface area (Å²) in [6.45, 7) is 2.48. The van der Waals surface area contributed by atoms with Crippen LogP contribution in [0.1, 0.15) is 43.2 Å². The van der Waals surface area contributed by atoms with E-state index in [9.17, 15) is 19.2 Å². The predicted molar refractivity (Wildman–Crippen MR) is 215 cm³/mol. The molecule has 3 fully saturated rings. The summed E-state index contributed by atoms with van der Waals surface area (Å²) < 4.78 is 22.2. The minimum atomic E-state index is -0.237. The number of amides is 4. The van der Waals surface area contributed by atoms with Gasteiger partial charge in [-0.2, -0.15) is 0 Å². The summed E-state index contributed by atoms with van der Waals surface area (Å²) >= 11 is 13.4. The molecular weight excluding hydrogens is 757 g/mol. The first-order chi connectivity index (χ1) is 25.6. The quantitative estimate of drug-likeness (QED) is 0.130. The van der Waals surface area contributed by atoms with Crippen LogP contribution in [0.3, 0.4) is 0 Å². The van der Waals surface area contributed by atoms with E-state index in [1.165, 1.54) is 28.4 Å². The van der Waals surface area contributed by atoms with Crippen LogP contribution in [0.25, 0.3) is 12.2 Å². The highest BCUT2D eigenvalue weighted by molar-refractivity contribution is 8.27. The van der Waals surface area contributed by atoms with Gasteiger partial charge in [0.2, 0.25) is 11.8 Å². The normalized spacial score (nSPS) is 17.7. The number of methoxy groups -OCH3 is 4. The lowest BCUT2D eigenvalue weighted by Crippen LogP contribution is -2.51. The predicted octanol–water partition coefficient (Wildman–Crippen LogP) is 5.44. The van der Waals surface area contributed by atoms with Gasteiger partial charge < -0.3 is 28.7 Å². The number of carbonyl (C=O) groups excluding carboxylic acids is 4. The first-order valence-corrected chi connectivity index (χ1v) is 19.5. The molecule has 282 valence electrons. The molecule has 0 atom stereocenters. The van der Waals surface area contributed by atoms with Crippen molar-refractivity contribution in [1.82, 2.24) is 19.6 Å². The fourth-order valence-electron chi connectivity index (χ4n) is 6.03. The fraction of sp³-hybridized carbons (Fsp3) is 0.405. The molecule has 0 bridgehead atoms. The van der Waals surface area contributed by atoms with E-state index in [0.29, 0.717) is 87.0 Å². The fourth-order valence-corrected chi connectivity index (χ4v) is 8.64. The molecule has 0 saturated carbocycles. The zero-order chi connectivity index (χ0) is 38.1. The molecule has 3 aliphatic rings. The molecule has 53 heavy (non-hydrogen) atoms. The summed E-state index contributed by atoms with van der Waals surface area (Å²) in [5.74, 6) is 1.94. The highest BCUT2D eigenvalue weighted by atomic mass is 32.2. The molecular formula is C37H42N4O8S4. The molecule has 4 amide bonds. The number of hydrogen-bond donors (Lipinski definition) is 0. The Morgan fingerprint density at radius 3 is 1.51 bits per heavy atom. The Kier molecular flexibility index (Phi) is 14.2. The Balaban J connectivity index is 0.996. The van der Waals surface area contributed by atoms with Crippen molar-refractivity contribution in [2.45, 2.75) is 32.1 Å². The number of ether oxygens (including phenoxy) is 4. The molecule has 0 aliphatic carbocycles. The first-order valence-electron chi connectivity index (χ1n) is 17.1. The lowest BCUT2D eigenvalue weighted by Gasteiger charge is -2.35. The number of thioether (sulfide) groups is 2. The second-order valence-electron chi connectivity index (χ2n) is 12.2. The van der Waals surface area contributed by atoms with Gasteiger partial charge in [-0.3, -0.25) is 29.0 Å². The van der Waals surface area contributed by atoms with E-state index in [1.807, 2.05) is 18.2 Å². The average molecular weight is 799 g/mol. The van der Waals surface area contributed by atoms with Crippen molar-refractivity contribution in [3.63, 3.8) is 0 Å². The Hall–Kier alpha value is -4.12. The van der Waals surface area contributed by atoms with E-state index >= 15 is 0 Å². The van der Waals surface area contributed by atoms with Crippen LogP contribution in [0, 0.1) is 0 Å². The molecule has 0 aromatic heterocycles. The van der Waals surface area contributed by atoms with Crippen LogP contribution in [0.4, 0.5) is 0 Å². The Morgan fingerprint density at radius 1 is 0.623 bits per heavy atom. The van der Waals surface area contributed by atoms with Crippen LogP contribution in [0.15, 0.2) is 46.2 Å². The molecule has 0 spiro atoms. The number of thiocarbonyl (C=S) groups is 2. The van der Waals surface area contributed by atoms with Gasteiger partial charge in [-0.1, -0.05) is 66.5 Å². The summed E-state index contributed by atoms with van der Waals surface area (Å²) in [7, 11) is 6.24. The van der Waals surface area contributed by atoms with Crippen molar-refractivity contribution in [3.05, 3.63) is 57.3 Å². The van der Waals surface area contributed by atoms with E-state index in [0.717, 1.165) is 24.0 Å². The molecule has 2 aromatic rings. The molecule has 3 aliphatic heterocycles. The van der Waals surface area contributed by atoms with Crippen LogP contribution < -0.4 is 18.9 Å². The summed E-state index contributed by atoms with van der Waals surface area (Å²) in [4.78, 5) is 59.8. The van der Waals surface area contributed by atoms with Crippen LogP contribution in [0.2, 0.25) is 0 Å². The Morgan fingerprint density at radius 2 is 1.06 bits per heavy atom. The molecule has 0 N–H and O–H groups in total. The number of benzene rings is 2. The Labute approximate surface area is 328 Å². The van der Waals surface area contributed by atoms with Crippen molar-refractivity contribution in [2.75, 3.05) is 67.7 Å². The van der Waals surface area contributed by atoms with Crippen molar-refractivity contribution in [1.29, 1.82) is 0 Å². The molecule has 2 aromatic carbocycles. The molecule has 5 rings (SSSR count). The zero-order valence-corrected chi connectivity index (χ0v) is 33.4. The van der Waals surface area contributed by atoms with Crippen molar-refractivity contribution in [2.24, 2.45) is 0 Å². The maximum atomic E-state index is 13.1. The SMILES string of the molecule is COc1ccc(/C=C2\SC(=S)N(CCCCCC(=O)N3CCN(C(=O)CCN4C(=O)/C(=C\c5ccc(OC)c(OC)c5)SC4=S)CC3)C2=O)cc1OC. The van der Waals surface area contributed by atoms with Crippen LogP contribution in [-0.4, -0.2) is 120 Å².